The van der Waals surface area contributed by atoms with E-state index < -0.39 is 0 Å². The number of hydrogen-bond donors (Lipinski definition) is 3. The van der Waals surface area contributed by atoms with Gasteiger partial charge in [-0.1, -0.05) is 0 Å². The largest absolute Gasteiger partial charge is 0.393 e. The first-order valence-electron chi connectivity index (χ1n) is 6.82. The fraction of sp³-hybridized carbons (Fsp3) is 0.462. The van der Waals surface area contributed by atoms with Crippen LogP contribution < -0.4 is 11.1 Å². The first-order valence-corrected chi connectivity index (χ1v) is 7.70. The standard InChI is InChI=1S/C13H16N6OS/c14-7-10-11(15)19(13-16-5-6-21-13)18-12(10)17-8-1-3-9(20)4-2-8/h5-6,8-9,20H,1-4,15H2,(H,17,18). The maximum Gasteiger partial charge on any atom is 0.212 e. The molecular weight excluding hydrogens is 288 g/mol. The second kappa shape index (κ2) is 5.71. The van der Waals surface area contributed by atoms with Gasteiger partial charge in [-0.25, -0.2) is 4.98 Å². The fourth-order valence-electron chi connectivity index (χ4n) is 2.52. The van der Waals surface area contributed by atoms with E-state index in [2.05, 4.69) is 21.5 Å². The summed E-state index contributed by atoms with van der Waals surface area (Å²) < 4.78 is 1.49. The highest BCUT2D eigenvalue weighted by molar-refractivity contribution is 7.12. The lowest BCUT2D eigenvalue weighted by molar-refractivity contribution is 0.126. The van der Waals surface area contributed by atoms with Crippen LogP contribution >= 0.6 is 11.3 Å². The molecule has 0 amide bonds. The lowest BCUT2D eigenvalue weighted by Gasteiger charge is -2.26. The molecule has 1 saturated carbocycles. The van der Waals surface area contributed by atoms with E-state index in [9.17, 15) is 10.4 Å². The van der Waals surface area contributed by atoms with Gasteiger partial charge in [-0.2, -0.15) is 9.94 Å². The Labute approximate surface area is 126 Å². The highest BCUT2D eigenvalue weighted by Gasteiger charge is 2.23. The number of rotatable bonds is 3. The smallest absolute Gasteiger partial charge is 0.212 e. The van der Waals surface area contributed by atoms with Gasteiger partial charge in [0.25, 0.3) is 0 Å². The van der Waals surface area contributed by atoms with Crippen molar-refractivity contribution in [2.45, 2.75) is 37.8 Å². The average molecular weight is 304 g/mol. The Balaban J connectivity index is 1.85. The monoisotopic (exact) mass is 304 g/mol. The molecule has 110 valence electrons. The van der Waals surface area contributed by atoms with Gasteiger partial charge in [-0.3, -0.25) is 0 Å². The van der Waals surface area contributed by atoms with Crippen LogP contribution in [-0.2, 0) is 0 Å². The van der Waals surface area contributed by atoms with E-state index in [1.807, 2.05) is 5.38 Å². The van der Waals surface area contributed by atoms with E-state index >= 15 is 0 Å². The molecule has 2 heterocycles. The molecule has 0 unspecified atom stereocenters. The van der Waals surface area contributed by atoms with Crippen LogP contribution in [0.25, 0.3) is 5.13 Å². The molecule has 0 aromatic carbocycles. The van der Waals surface area contributed by atoms with Gasteiger partial charge in [-0.05, 0) is 25.7 Å². The molecule has 4 N–H and O–H groups in total. The average Bonchev–Trinajstić information content (AvgIpc) is 3.09. The lowest BCUT2D eigenvalue weighted by atomic mass is 9.93. The molecule has 1 aliphatic carbocycles. The maximum absolute atomic E-state index is 9.54. The van der Waals surface area contributed by atoms with E-state index in [1.54, 1.807) is 6.20 Å². The van der Waals surface area contributed by atoms with Gasteiger partial charge < -0.3 is 16.2 Å². The summed E-state index contributed by atoms with van der Waals surface area (Å²) in [6, 6.07) is 2.31. The minimum absolute atomic E-state index is 0.208. The van der Waals surface area contributed by atoms with Crippen molar-refractivity contribution < 1.29 is 5.11 Å². The molecule has 3 rings (SSSR count). The van der Waals surface area contributed by atoms with Crippen molar-refractivity contribution in [3.63, 3.8) is 0 Å². The second-order valence-electron chi connectivity index (χ2n) is 5.10. The van der Waals surface area contributed by atoms with Gasteiger partial charge in [0.15, 0.2) is 5.82 Å². The number of nitrogens with zero attached hydrogens (tertiary/aromatic N) is 4. The maximum atomic E-state index is 9.54. The Hall–Kier alpha value is -2.11. The molecule has 0 saturated heterocycles. The number of aliphatic hydroxyl groups is 1. The minimum atomic E-state index is -0.212. The number of anilines is 2. The summed E-state index contributed by atoms with van der Waals surface area (Å²) in [5.41, 5.74) is 6.34. The third-order valence-electron chi connectivity index (χ3n) is 3.67. The van der Waals surface area contributed by atoms with E-state index in [0.29, 0.717) is 22.3 Å². The van der Waals surface area contributed by atoms with Crippen molar-refractivity contribution in [2.75, 3.05) is 11.1 Å². The number of thiazole rings is 1. The third-order valence-corrected chi connectivity index (χ3v) is 4.42. The number of nitriles is 1. The first-order chi connectivity index (χ1) is 10.2. The van der Waals surface area contributed by atoms with Crippen molar-refractivity contribution in [1.29, 1.82) is 5.26 Å². The van der Waals surface area contributed by atoms with Crippen molar-refractivity contribution >= 4 is 23.0 Å². The van der Waals surface area contributed by atoms with Crippen LogP contribution in [-0.4, -0.2) is 32.0 Å². The van der Waals surface area contributed by atoms with Crippen LogP contribution in [0.4, 0.5) is 11.6 Å². The number of hydrogen-bond acceptors (Lipinski definition) is 7. The lowest BCUT2D eigenvalue weighted by Crippen LogP contribution is -2.28. The normalized spacial score (nSPS) is 21.9. The zero-order valence-electron chi connectivity index (χ0n) is 11.4. The third kappa shape index (κ3) is 2.70. The Bertz CT molecular complexity index is 651. The van der Waals surface area contributed by atoms with Gasteiger partial charge in [-0.15, -0.1) is 16.4 Å². The molecule has 1 aliphatic rings. The molecular formula is C13H16N6OS. The number of aromatic nitrogens is 3. The second-order valence-corrected chi connectivity index (χ2v) is 5.97. The molecule has 2 aromatic heterocycles. The predicted octanol–water partition coefficient (Wildman–Crippen LogP) is 1.50. The van der Waals surface area contributed by atoms with Crippen molar-refractivity contribution in [1.82, 2.24) is 14.8 Å². The van der Waals surface area contributed by atoms with Crippen LogP contribution in [0.15, 0.2) is 11.6 Å². The molecule has 0 spiro atoms. The summed E-state index contributed by atoms with van der Waals surface area (Å²) in [5, 5.41) is 29.0. The minimum Gasteiger partial charge on any atom is -0.393 e. The summed E-state index contributed by atoms with van der Waals surface area (Å²) in [6.07, 6.45) is 4.70. The zero-order chi connectivity index (χ0) is 14.8. The predicted molar refractivity (Wildman–Crippen MR) is 80.2 cm³/mol. The van der Waals surface area contributed by atoms with Crippen LogP contribution in [0.2, 0.25) is 0 Å². The van der Waals surface area contributed by atoms with Gasteiger partial charge >= 0.3 is 0 Å². The van der Waals surface area contributed by atoms with Crippen LogP contribution in [0.1, 0.15) is 31.2 Å². The van der Waals surface area contributed by atoms with Gasteiger partial charge in [0.1, 0.15) is 17.5 Å². The topological polar surface area (TPSA) is 113 Å². The molecule has 2 aromatic rings. The molecule has 1 fully saturated rings. The summed E-state index contributed by atoms with van der Waals surface area (Å²) in [6.45, 7) is 0. The zero-order valence-corrected chi connectivity index (χ0v) is 12.2. The molecule has 0 aliphatic heterocycles. The number of aliphatic hydroxyl groups excluding tert-OH is 1. The summed E-state index contributed by atoms with van der Waals surface area (Å²) in [4.78, 5) is 4.16. The van der Waals surface area contributed by atoms with E-state index in [-0.39, 0.29) is 12.1 Å². The molecule has 21 heavy (non-hydrogen) atoms. The molecule has 0 atom stereocenters. The van der Waals surface area contributed by atoms with Crippen LogP contribution in [0.5, 0.6) is 0 Å². The van der Waals surface area contributed by atoms with Crippen LogP contribution in [0, 0.1) is 11.3 Å². The fourth-order valence-corrected chi connectivity index (χ4v) is 3.13. The van der Waals surface area contributed by atoms with Crippen molar-refractivity contribution in [2.24, 2.45) is 0 Å². The Morgan fingerprint density at radius 1 is 1.43 bits per heavy atom. The highest BCUT2D eigenvalue weighted by Crippen LogP contribution is 2.28. The quantitative estimate of drug-likeness (QED) is 0.792. The van der Waals surface area contributed by atoms with Crippen molar-refractivity contribution in [3.8, 4) is 11.2 Å². The molecule has 8 heteroatoms. The van der Waals surface area contributed by atoms with Gasteiger partial charge in [0.2, 0.25) is 5.13 Å². The van der Waals surface area contributed by atoms with E-state index in [4.69, 9.17) is 5.73 Å². The van der Waals surface area contributed by atoms with Crippen molar-refractivity contribution in [3.05, 3.63) is 17.1 Å². The molecule has 0 bridgehead atoms. The number of nitrogens with one attached hydrogen (secondary N) is 1. The Morgan fingerprint density at radius 2 is 2.19 bits per heavy atom. The first kappa shape index (κ1) is 13.9. The van der Waals surface area contributed by atoms with Gasteiger partial charge in [0, 0.05) is 17.6 Å². The van der Waals surface area contributed by atoms with E-state index in [0.717, 1.165) is 25.7 Å². The Kier molecular flexibility index (Phi) is 3.77. The molecule has 0 radical (unpaired) electrons. The summed E-state index contributed by atoms with van der Waals surface area (Å²) in [7, 11) is 0. The SMILES string of the molecule is N#Cc1c(NC2CCC(O)CC2)nn(-c2nccs2)c1N. The van der Waals surface area contributed by atoms with E-state index in [1.165, 1.54) is 16.0 Å². The van der Waals surface area contributed by atoms with Crippen LogP contribution in [0.3, 0.4) is 0 Å². The number of nitrogens with two attached hydrogens (primary N) is 1. The van der Waals surface area contributed by atoms with Gasteiger partial charge in [0.05, 0.1) is 6.10 Å². The number of nitrogen functional groups attached to an aromatic ring is 1. The summed E-state index contributed by atoms with van der Waals surface area (Å²) >= 11 is 1.41. The summed E-state index contributed by atoms with van der Waals surface area (Å²) in [5.74, 6) is 0.789. The highest BCUT2D eigenvalue weighted by atomic mass is 32.1. The Morgan fingerprint density at radius 3 is 2.81 bits per heavy atom. The molecule has 7 nitrogen and oxygen atoms in total.